The molecule has 1 N–H and O–H groups in total. The van der Waals surface area contributed by atoms with Crippen molar-refractivity contribution >= 4 is 28.4 Å². The topological polar surface area (TPSA) is 37.3 Å². The molecule has 1 saturated heterocycles. The fourth-order valence-electron chi connectivity index (χ4n) is 4.08. The summed E-state index contributed by atoms with van der Waals surface area (Å²) >= 11 is 5.71. The van der Waals surface area contributed by atoms with E-state index < -0.39 is 11.7 Å². The van der Waals surface area contributed by atoms with Gasteiger partial charge in [0, 0.05) is 62.7 Å². The fraction of sp³-hybridized carbons (Fsp3) is 0.375. The Morgan fingerprint density at radius 1 is 1.09 bits per heavy atom. The molecule has 32 heavy (non-hydrogen) atoms. The summed E-state index contributed by atoms with van der Waals surface area (Å²) in [6.07, 6.45) is 2.09. The zero-order valence-electron chi connectivity index (χ0n) is 17.6. The third kappa shape index (κ3) is 5.27. The molecule has 4 rings (SSSR count). The highest BCUT2D eigenvalue weighted by molar-refractivity contribution is 6.30. The number of benzene rings is 2. The summed E-state index contributed by atoms with van der Waals surface area (Å²) in [7, 11) is 0. The third-order valence-electron chi connectivity index (χ3n) is 5.96. The zero-order valence-corrected chi connectivity index (χ0v) is 18.3. The monoisotopic (exact) mass is 463 g/mol. The highest BCUT2D eigenvalue weighted by Gasteiger charge is 2.33. The van der Waals surface area contributed by atoms with Gasteiger partial charge in [-0.2, -0.15) is 0 Å². The molecule has 0 atom stereocenters. The van der Waals surface area contributed by atoms with E-state index in [0.717, 1.165) is 16.5 Å². The number of likely N-dealkylation sites (tertiary alicyclic amines) is 1. The average Bonchev–Trinajstić information content (AvgIpc) is 3.14. The molecule has 0 bridgehead atoms. The molecule has 1 aromatic heterocycles. The summed E-state index contributed by atoms with van der Waals surface area (Å²) in [6.45, 7) is 2.39. The van der Waals surface area contributed by atoms with Crippen LogP contribution in [0.3, 0.4) is 0 Å². The second-order valence-corrected chi connectivity index (χ2v) is 8.61. The van der Waals surface area contributed by atoms with Gasteiger partial charge in [-0.05, 0) is 30.2 Å². The molecule has 170 valence electrons. The maximum Gasteiger partial charge on any atom is 0.253 e. The normalized spacial score (nSPS) is 16.4. The van der Waals surface area contributed by atoms with Crippen LogP contribution in [0.15, 0.2) is 48.7 Å². The molecule has 1 aliphatic rings. The van der Waals surface area contributed by atoms with Crippen molar-refractivity contribution < 1.29 is 18.0 Å². The van der Waals surface area contributed by atoms with Crippen molar-refractivity contribution in [1.29, 1.82) is 0 Å². The van der Waals surface area contributed by atoms with E-state index in [1.807, 2.05) is 39.9 Å². The number of piperidine rings is 1. The summed E-state index contributed by atoms with van der Waals surface area (Å²) in [5.41, 5.74) is 2.24. The van der Waals surface area contributed by atoms with Crippen LogP contribution in [0, 0.1) is 5.82 Å². The lowest BCUT2D eigenvalue weighted by Crippen LogP contribution is -2.40. The maximum absolute atomic E-state index is 13.6. The molecule has 8 heteroatoms. The number of alkyl halides is 2. The van der Waals surface area contributed by atoms with Gasteiger partial charge in [-0.3, -0.25) is 4.79 Å². The lowest BCUT2D eigenvalue weighted by atomic mass is 10.1. The average molecular weight is 464 g/mol. The van der Waals surface area contributed by atoms with E-state index in [1.54, 1.807) is 6.07 Å². The summed E-state index contributed by atoms with van der Waals surface area (Å²) in [4.78, 5) is 14.9. The van der Waals surface area contributed by atoms with Gasteiger partial charge in [0.2, 0.25) is 0 Å². The molecule has 4 nitrogen and oxygen atoms in total. The lowest BCUT2D eigenvalue weighted by Gasteiger charge is -2.31. The summed E-state index contributed by atoms with van der Waals surface area (Å²) in [5, 5.41) is 3.81. The highest BCUT2D eigenvalue weighted by atomic mass is 35.5. The van der Waals surface area contributed by atoms with Gasteiger partial charge in [0.1, 0.15) is 5.82 Å². The standard InChI is InChI=1S/C24H25ClF3N3O/c25-20-6-5-17(15-21(20)26)7-10-29-23(32)19-16-31(22-4-2-1-3-18(19)22)14-13-30-11-8-24(27,28)9-12-30/h1-6,15-16H,7-14H2,(H,29,32). The largest absolute Gasteiger partial charge is 0.352 e. The minimum Gasteiger partial charge on any atom is -0.352 e. The van der Waals surface area contributed by atoms with Gasteiger partial charge in [0.25, 0.3) is 11.8 Å². The number of aromatic nitrogens is 1. The van der Waals surface area contributed by atoms with Crippen molar-refractivity contribution in [3.8, 4) is 0 Å². The Bertz CT molecular complexity index is 1110. The van der Waals surface area contributed by atoms with Crippen molar-refractivity contribution in [2.45, 2.75) is 31.7 Å². The van der Waals surface area contributed by atoms with Crippen molar-refractivity contribution in [3.63, 3.8) is 0 Å². The molecule has 2 aromatic carbocycles. The van der Waals surface area contributed by atoms with Crippen molar-refractivity contribution in [2.75, 3.05) is 26.2 Å². The number of nitrogens with zero attached hydrogens (tertiary/aromatic N) is 2. The quantitative estimate of drug-likeness (QED) is 0.527. The van der Waals surface area contributed by atoms with Crippen LogP contribution in [0.1, 0.15) is 28.8 Å². The number of fused-ring (bicyclic) bond motifs is 1. The molecule has 0 radical (unpaired) electrons. The first kappa shape index (κ1) is 22.7. The number of hydrogen-bond acceptors (Lipinski definition) is 2. The number of nitrogens with one attached hydrogen (secondary N) is 1. The minimum atomic E-state index is -2.56. The predicted octanol–water partition coefficient (Wildman–Crippen LogP) is 5.14. The van der Waals surface area contributed by atoms with E-state index in [0.29, 0.717) is 44.7 Å². The number of rotatable bonds is 7. The van der Waals surface area contributed by atoms with Gasteiger partial charge in [-0.15, -0.1) is 0 Å². The van der Waals surface area contributed by atoms with Gasteiger partial charge in [0.05, 0.1) is 10.6 Å². The summed E-state index contributed by atoms with van der Waals surface area (Å²) in [5.74, 6) is -3.23. The van der Waals surface area contributed by atoms with E-state index in [9.17, 15) is 18.0 Å². The summed E-state index contributed by atoms with van der Waals surface area (Å²) < 4.78 is 42.4. The van der Waals surface area contributed by atoms with E-state index in [2.05, 4.69) is 5.32 Å². The Balaban J connectivity index is 1.40. The molecule has 1 fully saturated rings. The van der Waals surface area contributed by atoms with Crippen LogP contribution in [0.5, 0.6) is 0 Å². The van der Waals surface area contributed by atoms with Crippen LogP contribution in [-0.2, 0) is 13.0 Å². The van der Waals surface area contributed by atoms with Crippen molar-refractivity contribution in [3.05, 3.63) is 70.6 Å². The number of hydrogen-bond donors (Lipinski definition) is 1. The molecule has 1 amide bonds. The van der Waals surface area contributed by atoms with E-state index >= 15 is 0 Å². The number of carbonyl (C=O) groups excluding carboxylic acids is 1. The Hall–Kier alpha value is -2.51. The van der Waals surface area contributed by atoms with Gasteiger partial charge < -0.3 is 14.8 Å². The first-order chi connectivity index (χ1) is 15.3. The van der Waals surface area contributed by atoms with E-state index in [-0.39, 0.29) is 23.8 Å². The molecular formula is C24H25ClF3N3O. The highest BCUT2D eigenvalue weighted by Crippen LogP contribution is 2.28. The van der Waals surface area contributed by atoms with Crippen LogP contribution >= 0.6 is 11.6 Å². The lowest BCUT2D eigenvalue weighted by molar-refractivity contribution is -0.0554. The molecular weight excluding hydrogens is 439 g/mol. The Kier molecular flexibility index (Phi) is 6.76. The molecule has 0 spiro atoms. The smallest absolute Gasteiger partial charge is 0.253 e. The number of halogens is 4. The van der Waals surface area contributed by atoms with Gasteiger partial charge >= 0.3 is 0 Å². The summed E-state index contributed by atoms with van der Waals surface area (Å²) in [6, 6.07) is 12.3. The molecule has 0 aliphatic carbocycles. The van der Waals surface area contributed by atoms with Gasteiger partial charge in [-0.25, -0.2) is 13.2 Å². The minimum absolute atomic E-state index is 0.0730. The number of carbonyl (C=O) groups is 1. The first-order valence-electron chi connectivity index (χ1n) is 10.7. The fourth-order valence-corrected chi connectivity index (χ4v) is 4.19. The van der Waals surface area contributed by atoms with E-state index in [1.165, 1.54) is 12.1 Å². The van der Waals surface area contributed by atoms with Gasteiger partial charge in [0.15, 0.2) is 0 Å². The molecule has 3 aromatic rings. The maximum atomic E-state index is 13.6. The molecule has 0 saturated carbocycles. The Labute approximate surface area is 190 Å². The van der Waals surface area contributed by atoms with Crippen molar-refractivity contribution in [2.24, 2.45) is 0 Å². The Morgan fingerprint density at radius 3 is 2.59 bits per heavy atom. The number of para-hydroxylation sites is 1. The zero-order chi connectivity index (χ0) is 22.7. The second-order valence-electron chi connectivity index (χ2n) is 8.21. The third-order valence-corrected chi connectivity index (χ3v) is 6.27. The Morgan fingerprint density at radius 2 is 1.84 bits per heavy atom. The molecule has 0 unspecified atom stereocenters. The van der Waals surface area contributed by atoms with E-state index in [4.69, 9.17) is 11.6 Å². The van der Waals surface area contributed by atoms with Crippen LogP contribution in [0.25, 0.3) is 10.9 Å². The second kappa shape index (κ2) is 9.55. The molecule has 2 heterocycles. The van der Waals surface area contributed by atoms with Gasteiger partial charge in [-0.1, -0.05) is 35.9 Å². The first-order valence-corrected chi connectivity index (χ1v) is 11.1. The van der Waals surface area contributed by atoms with Crippen LogP contribution < -0.4 is 5.32 Å². The van der Waals surface area contributed by atoms with Crippen LogP contribution in [0.2, 0.25) is 5.02 Å². The number of amides is 1. The van der Waals surface area contributed by atoms with Crippen LogP contribution in [-0.4, -0.2) is 47.5 Å². The molecule has 1 aliphatic heterocycles. The van der Waals surface area contributed by atoms with Crippen molar-refractivity contribution in [1.82, 2.24) is 14.8 Å². The SMILES string of the molecule is O=C(NCCc1ccc(Cl)c(F)c1)c1cn(CCN2CCC(F)(F)CC2)c2ccccc12. The predicted molar refractivity (Wildman–Crippen MR) is 120 cm³/mol. The van der Waals surface area contributed by atoms with Crippen LogP contribution in [0.4, 0.5) is 13.2 Å².